The number of nitrogens with zero attached hydrogens (tertiary/aromatic N) is 2. The lowest BCUT2D eigenvalue weighted by molar-refractivity contribution is 0.378. The molecule has 1 heterocycles. The van der Waals surface area contributed by atoms with E-state index in [1.165, 1.54) is 4.57 Å². The second kappa shape index (κ2) is 4.37. The van der Waals surface area contributed by atoms with Gasteiger partial charge in [-0.25, -0.2) is 4.79 Å². The third kappa shape index (κ3) is 1.92. The Balaban J connectivity index is 2.51. The second-order valence-electron chi connectivity index (χ2n) is 3.18. The molecule has 2 aromatic rings. The van der Waals surface area contributed by atoms with E-state index >= 15 is 0 Å². The van der Waals surface area contributed by atoms with Gasteiger partial charge in [0.15, 0.2) is 5.82 Å². The van der Waals surface area contributed by atoms with Crippen LogP contribution in [0.25, 0.3) is 11.4 Å². The number of hydrogen-bond donors (Lipinski definition) is 0. The molecule has 5 heteroatoms. The van der Waals surface area contributed by atoms with Gasteiger partial charge in [-0.1, -0.05) is 22.8 Å². The first-order valence-corrected chi connectivity index (χ1v) is 5.03. The minimum Gasteiger partial charge on any atom is -0.295 e. The molecule has 0 spiro atoms. The summed E-state index contributed by atoms with van der Waals surface area (Å²) in [4.78, 5) is 11.3. The van der Waals surface area contributed by atoms with Crippen molar-refractivity contribution in [3.05, 3.63) is 52.5 Å². The maximum absolute atomic E-state index is 11.3. The molecule has 2 rings (SSSR count). The van der Waals surface area contributed by atoms with Gasteiger partial charge in [0.05, 0.1) is 0 Å². The standard InChI is InChI=1S/C11H9ClN2O2/c1-2-7-14-10(13-16-11(14)15)8-3-5-9(12)6-4-8/h2-6H,1,7H2. The van der Waals surface area contributed by atoms with Crippen molar-refractivity contribution in [2.75, 3.05) is 0 Å². The second-order valence-corrected chi connectivity index (χ2v) is 3.61. The summed E-state index contributed by atoms with van der Waals surface area (Å²) in [6, 6.07) is 7.01. The van der Waals surface area contributed by atoms with Gasteiger partial charge in [-0.2, -0.15) is 0 Å². The molecule has 0 bridgehead atoms. The van der Waals surface area contributed by atoms with Crippen molar-refractivity contribution in [3.8, 4) is 11.4 Å². The van der Waals surface area contributed by atoms with Crippen molar-refractivity contribution in [1.29, 1.82) is 0 Å². The summed E-state index contributed by atoms with van der Waals surface area (Å²) < 4.78 is 6.01. The van der Waals surface area contributed by atoms with E-state index < -0.39 is 5.76 Å². The van der Waals surface area contributed by atoms with Crippen molar-refractivity contribution >= 4 is 11.6 Å². The highest BCUT2D eigenvalue weighted by molar-refractivity contribution is 6.30. The van der Waals surface area contributed by atoms with Crippen molar-refractivity contribution < 1.29 is 4.52 Å². The number of rotatable bonds is 3. The fourth-order valence-electron chi connectivity index (χ4n) is 1.36. The Morgan fingerprint density at radius 1 is 1.44 bits per heavy atom. The number of halogens is 1. The van der Waals surface area contributed by atoms with Gasteiger partial charge in [-0.05, 0) is 24.3 Å². The van der Waals surface area contributed by atoms with Crippen LogP contribution in [0.3, 0.4) is 0 Å². The minimum absolute atomic E-state index is 0.361. The van der Waals surface area contributed by atoms with Gasteiger partial charge in [0.2, 0.25) is 0 Å². The first-order chi connectivity index (χ1) is 7.72. The average Bonchev–Trinajstić information content (AvgIpc) is 2.63. The lowest BCUT2D eigenvalue weighted by Crippen LogP contribution is -2.14. The number of aromatic nitrogens is 2. The highest BCUT2D eigenvalue weighted by Crippen LogP contribution is 2.18. The SMILES string of the molecule is C=CCn1c(-c2ccc(Cl)cc2)noc1=O. The molecule has 0 unspecified atom stereocenters. The average molecular weight is 237 g/mol. The molecule has 0 aliphatic heterocycles. The smallest absolute Gasteiger partial charge is 0.295 e. The third-order valence-electron chi connectivity index (χ3n) is 2.10. The zero-order chi connectivity index (χ0) is 11.5. The Morgan fingerprint density at radius 3 is 2.75 bits per heavy atom. The van der Waals surface area contributed by atoms with Gasteiger partial charge >= 0.3 is 5.76 Å². The normalized spacial score (nSPS) is 10.3. The quantitative estimate of drug-likeness (QED) is 0.769. The molecule has 0 N–H and O–H groups in total. The Morgan fingerprint density at radius 2 is 2.12 bits per heavy atom. The van der Waals surface area contributed by atoms with Crippen LogP contribution in [0, 0.1) is 0 Å². The van der Waals surface area contributed by atoms with Gasteiger partial charge in [-0.15, -0.1) is 6.58 Å². The first kappa shape index (κ1) is 10.7. The molecule has 1 aromatic carbocycles. The van der Waals surface area contributed by atoms with E-state index in [1.54, 1.807) is 30.3 Å². The van der Waals surface area contributed by atoms with Crippen molar-refractivity contribution in [3.63, 3.8) is 0 Å². The van der Waals surface area contributed by atoms with Crippen LogP contribution in [0.15, 0.2) is 46.2 Å². The molecule has 0 saturated carbocycles. The van der Waals surface area contributed by atoms with Crippen molar-refractivity contribution in [2.45, 2.75) is 6.54 Å². The maximum Gasteiger partial charge on any atom is 0.442 e. The molecule has 4 nitrogen and oxygen atoms in total. The van der Waals surface area contributed by atoms with Crippen molar-refractivity contribution in [1.82, 2.24) is 9.72 Å². The molecule has 0 aliphatic rings. The predicted octanol–water partition coefficient (Wildman–Crippen LogP) is 2.34. The molecule has 1 aromatic heterocycles. The van der Waals surface area contributed by atoms with Gasteiger partial charge < -0.3 is 0 Å². The van der Waals surface area contributed by atoms with E-state index in [0.29, 0.717) is 17.4 Å². The molecule has 82 valence electrons. The van der Waals surface area contributed by atoms with Gasteiger partial charge in [0.25, 0.3) is 0 Å². The van der Waals surface area contributed by atoms with E-state index in [2.05, 4.69) is 16.3 Å². The Bertz CT molecular complexity index is 554. The van der Waals surface area contributed by atoms with Crippen LogP contribution in [0.1, 0.15) is 0 Å². The maximum atomic E-state index is 11.3. The van der Waals surface area contributed by atoms with E-state index in [1.807, 2.05) is 0 Å². The van der Waals surface area contributed by atoms with Crippen LogP contribution in [0.5, 0.6) is 0 Å². The number of allylic oxidation sites excluding steroid dienone is 1. The van der Waals surface area contributed by atoms with Crippen LogP contribution in [0.2, 0.25) is 5.02 Å². The summed E-state index contributed by atoms with van der Waals surface area (Å²) in [5, 5.41) is 4.35. The zero-order valence-corrected chi connectivity index (χ0v) is 9.15. The largest absolute Gasteiger partial charge is 0.442 e. The van der Waals surface area contributed by atoms with E-state index in [4.69, 9.17) is 11.6 Å². The number of hydrogen-bond acceptors (Lipinski definition) is 3. The number of benzene rings is 1. The monoisotopic (exact) mass is 236 g/mol. The van der Waals surface area contributed by atoms with Gasteiger partial charge in [0, 0.05) is 17.1 Å². The van der Waals surface area contributed by atoms with E-state index in [9.17, 15) is 4.79 Å². The molecular formula is C11H9ClN2O2. The summed E-state index contributed by atoms with van der Waals surface area (Å²) in [6.07, 6.45) is 1.61. The fraction of sp³-hybridized carbons (Fsp3) is 0.0909. The van der Waals surface area contributed by atoms with Crippen LogP contribution in [-0.2, 0) is 6.54 Å². The highest BCUT2D eigenvalue weighted by atomic mass is 35.5. The van der Waals surface area contributed by atoms with E-state index in [0.717, 1.165) is 5.56 Å². The Kier molecular flexibility index (Phi) is 2.92. The first-order valence-electron chi connectivity index (χ1n) is 4.65. The topological polar surface area (TPSA) is 48.0 Å². The molecular weight excluding hydrogens is 228 g/mol. The molecule has 0 amide bonds. The summed E-state index contributed by atoms with van der Waals surface area (Å²) in [6.45, 7) is 3.94. The lowest BCUT2D eigenvalue weighted by Gasteiger charge is -2.00. The summed E-state index contributed by atoms with van der Waals surface area (Å²) in [5.74, 6) is -0.0218. The van der Waals surface area contributed by atoms with Crippen LogP contribution in [0.4, 0.5) is 0 Å². The molecule has 0 radical (unpaired) electrons. The zero-order valence-electron chi connectivity index (χ0n) is 8.39. The van der Waals surface area contributed by atoms with Gasteiger partial charge in [0.1, 0.15) is 0 Å². The predicted molar refractivity (Wildman–Crippen MR) is 61.4 cm³/mol. The van der Waals surface area contributed by atoms with Crippen LogP contribution in [-0.4, -0.2) is 9.72 Å². The summed E-state index contributed by atoms with van der Waals surface area (Å²) in [5.41, 5.74) is 0.775. The highest BCUT2D eigenvalue weighted by Gasteiger charge is 2.10. The fourth-order valence-corrected chi connectivity index (χ4v) is 1.49. The Hall–Kier alpha value is -1.81. The Labute approximate surface area is 96.8 Å². The minimum atomic E-state index is -0.496. The van der Waals surface area contributed by atoms with Crippen LogP contribution < -0.4 is 5.76 Å². The summed E-state index contributed by atoms with van der Waals surface area (Å²) in [7, 11) is 0. The van der Waals surface area contributed by atoms with Crippen molar-refractivity contribution in [2.24, 2.45) is 0 Å². The summed E-state index contributed by atoms with van der Waals surface area (Å²) >= 11 is 5.78. The third-order valence-corrected chi connectivity index (χ3v) is 2.35. The molecule has 0 fully saturated rings. The molecule has 16 heavy (non-hydrogen) atoms. The van der Waals surface area contributed by atoms with E-state index in [-0.39, 0.29) is 0 Å². The molecule has 0 aliphatic carbocycles. The van der Waals surface area contributed by atoms with Gasteiger partial charge in [-0.3, -0.25) is 9.09 Å². The molecule has 0 atom stereocenters. The molecule has 0 saturated heterocycles. The lowest BCUT2D eigenvalue weighted by atomic mass is 10.2. The van der Waals surface area contributed by atoms with Crippen LogP contribution >= 0.6 is 11.6 Å².